The maximum Gasteiger partial charge on any atom is 0.0735 e. The first-order chi connectivity index (χ1) is 4.74. The topological polar surface area (TPSA) is 56.7 Å². The van der Waals surface area contributed by atoms with Crippen molar-refractivity contribution in [3.8, 4) is 0 Å². The van der Waals surface area contributed by atoms with Gasteiger partial charge in [-0.3, -0.25) is 5.70 Å². The van der Waals surface area contributed by atoms with Gasteiger partial charge in [0.15, 0.2) is 0 Å². The third kappa shape index (κ3) is 2.71. The average molecular weight is 225 g/mol. The van der Waals surface area contributed by atoms with Gasteiger partial charge in [-0.05, 0) is 0 Å². The summed E-state index contributed by atoms with van der Waals surface area (Å²) >= 11 is 0. The summed E-state index contributed by atoms with van der Waals surface area (Å²) in [4.78, 5) is 0. The Bertz CT molecular complexity index is 253. The molecule has 1 aromatic heterocycles. The fourth-order valence-corrected chi connectivity index (χ4v) is 0.503. The molecule has 4 nitrogen and oxygen atoms in total. The zero-order valence-electron chi connectivity index (χ0n) is 6.50. The van der Waals surface area contributed by atoms with E-state index in [4.69, 9.17) is 5.73 Å². The molecular formula is C6H8N4Y-2. The SMILES string of the molecule is C[C-]=C(C)n1[c-]c(N)nn1.[Y]. The molecule has 2 N–H and O–H groups in total. The third-order valence-corrected chi connectivity index (χ3v) is 1.14. The van der Waals surface area contributed by atoms with Crippen LogP contribution in [0.15, 0.2) is 0 Å². The summed E-state index contributed by atoms with van der Waals surface area (Å²) in [6.45, 7) is 3.64. The van der Waals surface area contributed by atoms with Crippen LogP contribution < -0.4 is 5.73 Å². The van der Waals surface area contributed by atoms with Crippen LogP contribution in [0.3, 0.4) is 0 Å². The molecule has 0 atom stereocenters. The molecule has 1 radical (unpaired) electrons. The molecule has 0 aromatic carbocycles. The van der Waals surface area contributed by atoms with Crippen LogP contribution in [-0.4, -0.2) is 15.0 Å². The Morgan fingerprint density at radius 3 is 2.73 bits per heavy atom. The van der Waals surface area contributed by atoms with E-state index < -0.39 is 0 Å². The zero-order valence-corrected chi connectivity index (χ0v) is 9.33. The van der Waals surface area contributed by atoms with Gasteiger partial charge in [0.1, 0.15) is 0 Å². The van der Waals surface area contributed by atoms with E-state index in [1.807, 2.05) is 6.92 Å². The predicted octanol–water partition coefficient (Wildman–Crippen LogP) is 0.342. The van der Waals surface area contributed by atoms with Crippen molar-refractivity contribution < 1.29 is 32.7 Å². The van der Waals surface area contributed by atoms with Crippen LogP contribution >= 0.6 is 0 Å². The second-order valence-electron chi connectivity index (χ2n) is 1.83. The van der Waals surface area contributed by atoms with E-state index in [9.17, 15) is 0 Å². The summed E-state index contributed by atoms with van der Waals surface area (Å²) in [7, 11) is 0. The van der Waals surface area contributed by atoms with Gasteiger partial charge in [0.25, 0.3) is 0 Å². The van der Waals surface area contributed by atoms with Gasteiger partial charge in [-0.2, -0.15) is 0 Å². The molecule has 0 unspecified atom stereocenters. The van der Waals surface area contributed by atoms with E-state index in [2.05, 4.69) is 22.6 Å². The molecule has 5 heteroatoms. The number of nitrogen functional groups attached to an aromatic ring is 1. The van der Waals surface area contributed by atoms with Gasteiger partial charge >= 0.3 is 0 Å². The zero-order chi connectivity index (χ0) is 7.56. The molecule has 0 saturated heterocycles. The molecule has 57 valence electrons. The van der Waals surface area contributed by atoms with E-state index in [0.717, 1.165) is 5.70 Å². The molecule has 0 aliphatic rings. The fraction of sp³-hybridized carbons (Fsp3) is 0.333. The van der Waals surface area contributed by atoms with Gasteiger partial charge in [0.05, 0.1) is 5.82 Å². The standard InChI is InChI=1S/C6H8N4.Y/c1-3-5(2)10-4-6(7)8-9-10;/h7H2,1-2H3;/q-2;. The molecule has 0 spiro atoms. The van der Waals surface area contributed by atoms with Gasteiger partial charge in [0, 0.05) is 32.7 Å². The quantitative estimate of drug-likeness (QED) is 0.701. The van der Waals surface area contributed by atoms with Crippen molar-refractivity contribution in [1.82, 2.24) is 15.0 Å². The van der Waals surface area contributed by atoms with Crippen LogP contribution in [-0.2, 0) is 32.7 Å². The Kier molecular flexibility index (Phi) is 4.53. The maximum absolute atomic E-state index is 5.28. The minimum absolute atomic E-state index is 0. The summed E-state index contributed by atoms with van der Waals surface area (Å²) in [5.41, 5.74) is 6.12. The second kappa shape index (κ2) is 4.62. The summed E-state index contributed by atoms with van der Waals surface area (Å²) in [5.74, 6) is 0.301. The van der Waals surface area contributed by atoms with Crippen molar-refractivity contribution in [2.24, 2.45) is 0 Å². The average Bonchev–Trinajstić information content (AvgIpc) is 2.34. The number of nitrogens with zero attached hydrogens (tertiary/aromatic N) is 3. The van der Waals surface area contributed by atoms with E-state index >= 15 is 0 Å². The van der Waals surface area contributed by atoms with Crippen molar-refractivity contribution in [3.05, 3.63) is 12.3 Å². The smallest absolute Gasteiger partial charge is 0.0735 e. The van der Waals surface area contributed by atoms with Crippen LogP contribution in [0.4, 0.5) is 5.82 Å². The number of allylic oxidation sites excluding steroid dienone is 2. The first-order valence-electron chi connectivity index (χ1n) is 2.86. The second-order valence-corrected chi connectivity index (χ2v) is 1.83. The molecule has 11 heavy (non-hydrogen) atoms. The maximum atomic E-state index is 5.28. The number of nitrogens with two attached hydrogens (primary N) is 1. The Morgan fingerprint density at radius 2 is 2.36 bits per heavy atom. The minimum atomic E-state index is 0. The fourth-order valence-electron chi connectivity index (χ4n) is 0.503. The van der Waals surface area contributed by atoms with E-state index in [-0.39, 0.29) is 32.7 Å². The van der Waals surface area contributed by atoms with Gasteiger partial charge in [-0.25, -0.2) is 6.92 Å². The minimum Gasteiger partial charge on any atom is -0.583 e. The van der Waals surface area contributed by atoms with Crippen LogP contribution in [0.5, 0.6) is 0 Å². The van der Waals surface area contributed by atoms with Gasteiger partial charge in [-0.1, -0.05) is 6.20 Å². The number of anilines is 1. The van der Waals surface area contributed by atoms with E-state index in [1.54, 1.807) is 6.92 Å². The number of hydrogen-bond donors (Lipinski definition) is 1. The molecule has 0 bridgehead atoms. The van der Waals surface area contributed by atoms with Gasteiger partial charge in [0.2, 0.25) is 0 Å². The molecule has 1 rings (SSSR count). The Labute approximate surface area is 90.7 Å². The van der Waals surface area contributed by atoms with Crippen LogP contribution in [0.1, 0.15) is 13.8 Å². The molecule has 0 aliphatic heterocycles. The van der Waals surface area contributed by atoms with E-state index in [0.29, 0.717) is 5.82 Å². The molecule has 1 aromatic rings. The molecule has 0 fully saturated rings. The van der Waals surface area contributed by atoms with Crippen LogP contribution in [0, 0.1) is 12.3 Å². The normalized spacial score (nSPS) is 10.9. The molecule has 1 heterocycles. The van der Waals surface area contributed by atoms with E-state index in [1.165, 1.54) is 4.68 Å². The van der Waals surface area contributed by atoms with Crippen molar-refractivity contribution in [1.29, 1.82) is 0 Å². The van der Waals surface area contributed by atoms with Crippen molar-refractivity contribution in [2.75, 3.05) is 5.73 Å². The largest absolute Gasteiger partial charge is 0.583 e. The predicted molar refractivity (Wildman–Crippen MR) is 37.6 cm³/mol. The Morgan fingerprint density at radius 1 is 1.73 bits per heavy atom. The van der Waals surface area contributed by atoms with Gasteiger partial charge in [-0.15, -0.1) is 17.2 Å². The van der Waals surface area contributed by atoms with Crippen molar-refractivity contribution >= 4 is 11.5 Å². The molecule has 0 aliphatic carbocycles. The third-order valence-electron chi connectivity index (χ3n) is 1.14. The summed E-state index contributed by atoms with van der Waals surface area (Å²) in [5, 5.41) is 7.23. The van der Waals surface area contributed by atoms with Crippen LogP contribution in [0.25, 0.3) is 5.70 Å². The summed E-state index contributed by atoms with van der Waals surface area (Å²) in [6, 6.07) is 0. The van der Waals surface area contributed by atoms with Gasteiger partial charge < -0.3 is 16.5 Å². The number of rotatable bonds is 1. The monoisotopic (exact) mass is 225 g/mol. The number of aromatic nitrogens is 3. The van der Waals surface area contributed by atoms with Crippen LogP contribution in [0.2, 0.25) is 0 Å². The first kappa shape index (κ1) is 10.8. The molecular weight excluding hydrogens is 217 g/mol. The van der Waals surface area contributed by atoms with Crippen molar-refractivity contribution in [3.63, 3.8) is 0 Å². The van der Waals surface area contributed by atoms with Crippen molar-refractivity contribution in [2.45, 2.75) is 13.8 Å². The first-order valence-corrected chi connectivity index (χ1v) is 2.86. The summed E-state index contributed by atoms with van der Waals surface area (Å²) < 4.78 is 1.45. The Balaban J connectivity index is 0.000001000. The number of hydrogen-bond acceptors (Lipinski definition) is 3. The summed E-state index contributed by atoms with van der Waals surface area (Å²) in [6.07, 6.45) is 5.58. The molecule has 0 amide bonds. The Hall–Kier alpha value is -0.216. The molecule has 0 saturated carbocycles.